The Morgan fingerprint density at radius 3 is 1.00 bits per heavy atom. The van der Waals surface area contributed by atoms with Crippen molar-refractivity contribution >= 4 is 15.8 Å². The highest BCUT2D eigenvalue weighted by atomic mass is 31.1. The highest BCUT2D eigenvalue weighted by Crippen LogP contribution is 2.52. The van der Waals surface area contributed by atoms with Gasteiger partial charge in [-0.15, -0.1) is 15.8 Å². The Labute approximate surface area is 93.8 Å². The first-order valence-electron chi connectivity index (χ1n) is 5.47. The van der Waals surface area contributed by atoms with Crippen LogP contribution in [0.2, 0.25) is 0 Å². The van der Waals surface area contributed by atoms with Crippen LogP contribution in [0.1, 0.15) is 41.5 Å². The molecule has 0 aromatic carbocycles. The molecule has 86 valence electrons. The molecule has 0 rings (SSSR count). The van der Waals surface area contributed by atoms with E-state index in [0.29, 0.717) is 10.3 Å². The fourth-order valence-electron chi connectivity index (χ4n) is 0.971. The van der Waals surface area contributed by atoms with Gasteiger partial charge < -0.3 is 0 Å². The fraction of sp³-hybridized carbons (Fsp3) is 1.00. The number of hydrogen-bond acceptors (Lipinski definition) is 0. The van der Waals surface area contributed by atoms with Gasteiger partial charge >= 0.3 is 0 Å². The summed E-state index contributed by atoms with van der Waals surface area (Å²) in [4.78, 5) is 0. The summed E-state index contributed by atoms with van der Waals surface area (Å²) in [6, 6.07) is 0. The van der Waals surface area contributed by atoms with E-state index < -0.39 is 0 Å². The highest BCUT2D eigenvalue weighted by molar-refractivity contribution is 7.62. The summed E-state index contributed by atoms with van der Waals surface area (Å²) in [6.45, 7) is 19.2. The van der Waals surface area contributed by atoms with Gasteiger partial charge in [0.2, 0.25) is 0 Å². The third-order valence-corrected chi connectivity index (χ3v) is 9.78. The van der Waals surface area contributed by atoms with Crippen molar-refractivity contribution in [1.29, 1.82) is 0 Å². The Kier molecular flexibility index (Phi) is 5.59. The molecule has 0 aliphatic carbocycles. The van der Waals surface area contributed by atoms with Gasteiger partial charge in [-0.25, -0.2) is 0 Å². The van der Waals surface area contributed by atoms with E-state index in [9.17, 15) is 0 Å². The van der Waals surface area contributed by atoms with Gasteiger partial charge in [0.05, 0.1) is 0 Å². The van der Waals surface area contributed by atoms with Gasteiger partial charge in [-0.1, -0.05) is 41.5 Å². The summed E-state index contributed by atoms with van der Waals surface area (Å²) >= 11 is 0. The molecule has 2 unspecified atom stereocenters. The molecule has 0 N–H and O–H groups in total. The van der Waals surface area contributed by atoms with Crippen molar-refractivity contribution in [3.8, 4) is 0 Å². The first-order chi connectivity index (χ1) is 6.05. The highest BCUT2D eigenvalue weighted by Gasteiger charge is 2.23. The summed E-state index contributed by atoms with van der Waals surface area (Å²) < 4.78 is 0. The first-order valence-corrected chi connectivity index (χ1v) is 9.42. The van der Waals surface area contributed by atoms with E-state index in [4.69, 9.17) is 0 Å². The number of rotatable bonds is 3. The van der Waals surface area contributed by atoms with Gasteiger partial charge in [-0.2, -0.15) is 0 Å². The van der Waals surface area contributed by atoms with Crippen molar-refractivity contribution in [2.24, 2.45) is 0 Å². The van der Waals surface area contributed by atoms with Crippen LogP contribution in [0.25, 0.3) is 0 Å². The molecular formula is C12H28P2. The average Bonchev–Trinajstić information content (AvgIpc) is 1.95. The topological polar surface area (TPSA) is 0 Å². The van der Waals surface area contributed by atoms with Crippen LogP contribution >= 0.6 is 15.8 Å². The van der Waals surface area contributed by atoms with Gasteiger partial charge in [0.25, 0.3) is 0 Å². The molecule has 0 saturated heterocycles. The molecule has 2 atom stereocenters. The second-order valence-electron chi connectivity index (χ2n) is 6.18. The van der Waals surface area contributed by atoms with E-state index in [1.807, 2.05) is 0 Å². The van der Waals surface area contributed by atoms with E-state index in [0.717, 1.165) is 0 Å². The minimum atomic E-state index is 0.215. The molecule has 14 heavy (non-hydrogen) atoms. The van der Waals surface area contributed by atoms with E-state index in [2.05, 4.69) is 54.9 Å². The summed E-state index contributed by atoms with van der Waals surface area (Å²) in [5.41, 5.74) is 0. The third kappa shape index (κ3) is 5.67. The van der Waals surface area contributed by atoms with Crippen LogP contribution in [0.5, 0.6) is 0 Å². The van der Waals surface area contributed by atoms with Crippen LogP contribution in [-0.2, 0) is 0 Å². The van der Waals surface area contributed by atoms with Crippen molar-refractivity contribution in [1.82, 2.24) is 0 Å². The number of hydrogen-bond donors (Lipinski definition) is 0. The van der Waals surface area contributed by atoms with Crippen molar-refractivity contribution < 1.29 is 0 Å². The van der Waals surface area contributed by atoms with E-state index in [-0.39, 0.29) is 15.8 Å². The quantitative estimate of drug-likeness (QED) is 0.615. The molecule has 2 heteroatoms. The van der Waals surface area contributed by atoms with Crippen LogP contribution < -0.4 is 0 Å². The monoisotopic (exact) mass is 234 g/mol. The Hall–Kier alpha value is 0.860. The van der Waals surface area contributed by atoms with Gasteiger partial charge in [-0.3, -0.25) is 0 Å². The molecule has 0 fully saturated rings. The lowest BCUT2D eigenvalue weighted by atomic mass is 10.3. The molecule has 0 aliphatic heterocycles. The fourth-order valence-corrected chi connectivity index (χ4v) is 4.71. The molecule has 0 spiro atoms. The average molecular weight is 234 g/mol. The van der Waals surface area contributed by atoms with Crippen LogP contribution in [0.3, 0.4) is 0 Å². The van der Waals surface area contributed by atoms with E-state index in [1.54, 1.807) is 0 Å². The SMILES string of the molecule is CP(CCP(C)C(C)(C)C)C(C)(C)C. The predicted octanol–water partition coefficient (Wildman–Crippen LogP) is 4.81. The maximum atomic E-state index is 2.46. The Bertz CT molecular complexity index is 142. The zero-order valence-electron chi connectivity index (χ0n) is 11.3. The van der Waals surface area contributed by atoms with Crippen molar-refractivity contribution in [2.45, 2.75) is 51.9 Å². The van der Waals surface area contributed by atoms with Gasteiger partial charge in [-0.05, 0) is 36.0 Å². The van der Waals surface area contributed by atoms with Gasteiger partial charge in [0.1, 0.15) is 0 Å². The molecule has 0 saturated carbocycles. The second kappa shape index (κ2) is 5.27. The second-order valence-corrected chi connectivity index (χ2v) is 12.6. The predicted molar refractivity (Wildman–Crippen MR) is 74.9 cm³/mol. The molecule has 0 nitrogen and oxygen atoms in total. The van der Waals surface area contributed by atoms with Crippen molar-refractivity contribution in [2.75, 3.05) is 25.7 Å². The molecule has 0 amide bonds. The van der Waals surface area contributed by atoms with Crippen LogP contribution in [0.4, 0.5) is 0 Å². The zero-order valence-corrected chi connectivity index (χ0v) is 13.1. The Morgan fingerprint density at radius 2 is 0.857 bits per heavy atom. The zero-order chi connectivity index (χ0) is 11.6. The minimum absolute atomic E-state index is 0.215. The first kappa shape index (κ1) is 14.9. The Morgan fingerprint density at radius 1 is 0.643 bits per heavy atom. The molecule has 0 heterocycles. The summed E-state index contributed by atoms with van der Waals surface area (Å²) in [6.07, 6.45) is 2.91. The minimum Gasteiger partial charge on any atom is -0.104 e. The standard InChI is InChI=1S/C12H28P2/c1-11(2,3)13(7)9-10-14(8)12(4,5)6/h9-10H2,1-8H3. The summed E-state index contributed by atoms with van der Waals surface area (Å²) in [7, 11) is 0.430. The van der Waals surface area contributed by atoms with Gasteiger partial charge in [0.15, 0.2) is 0 Å². The molecule has 0 bridgehead atoms. The van der Waals surface area contributed by atoms with Gasteiger partial charge in [0, 0.05) is 0 Å². The van der Waals surface area contributed by atoms with Crippen LogP contribution in [0, 0.1) is 0 Å². The van der Waals surface area contributed by atoms with Crippen molar-refractivity contribution in [3.05, 3.63) is 0 Å². The Balaban J connectivity index is 3.96. The normalized spacial score (nSPS) is 18.0. The molecule has 0 aromatic heterocycles. The lowest BCUT2D eigenvalue weighted by Gasteiger charge is -2.33. The van der Waals surface area contributed by atoms with Crippen molar-refractivity contribution in [3.63, 3.8) is 0 Å². The summed E-state index contributed by atoms with van der Waals surface area (Å²) in [5, 5.41) is 1.09. The summed E-state index contributed by atoms with van der Waals surface area (Å²) in [5.74, 6) is 0. The smallest absolute Gasteiger partial charge is 0.0182 e. The lowest BCUT2D eigenvalue weighted by molar-refractivity contribution is 0.777. The van der Waals surface area contributed by atoms with E-state index in [1.165, 1.54) is 12.3 Å². The maximum absolute atomic E-state index is 2.46. The molecular weight excluding hydrogens is 206 g/mol. The lowest BCUT2D eigenvalue weighted by Crippen LogP contribution is -2.17. The molecule has 0 aromatic rings. The maximum Gasteiger partial charge on any atom is -0.0182 e. The molecule has 0 radical (unpaired) electrons. The van der Waals surface area contributed by atoms with Crippen LogP contribution in [0.15, 0.2) is 0 Å². The molecule has 0 aliphatic rings. The largest absolute Gasteiger partial charge is 0.104 e. The third-order valence-electron chi connectivity index (χ3n) is 3.06. The van der Waals surface area contributed by atoms with E-state index >= 15 is 0 Å². The van der Waals surface area contributed by atoms with Crippen LogP contribution in [-0.4, -0.2) is 36.0 Å².